The molecule has 0 bridgehead atoms. The molecule has 2 rings (SSSR count). The molecule has 2 aromatic carbocycles. The van der Waals surface area contributed by atoms with Gasteiger partial charge in [-0.2, -0.15) is 0 Å². The Morgan fingerprint density at radius 1 is 0.938 bits per heavy atom. The summed E-state index contributed by atoms with van der Waals surface area (Å²) in [7, 11) is 0. The van der Waals surface area contributed by atoms with E-state index in [1.165, 1.54) is 48.1 Å². The van der Waals surface area contributed by atoms with Crippen molar-refractivity contribution in [3.63, 3.8) is 0 Å². The molecule has 0 saturated heterocycles. The Kier molecular flexibility index (Phi) is 11.0. The normalized spacial score (nSPS) is 11.2. The Hall–Kier alpha value is -2.08. The molecule has 5 heteroatoms. The third kappa shape index (κ3) is 7.80. The molecule has 0 radical (unpaired) electrons. The second-order valence-electron chi connectivity index (χ2n) is 8.59. The zero-order valence-electron chi connectivity index (χ0n) is 19.5. The number of amides is 1. The van der Waals surface area contributed by atoms with E-state index in [9.17, 15) is 9.59 Å². The van der Waals surface area contributed by atoms with Gasteiger partial charge >= 0.3 is 198 Å². The van der Waals surface area contributed by atoms with Crippen LogP contribution in [0.25, 0.3) is 6.08 Å². The summed E-state index contributed by atoms with van der Waals surface area (Å²) in [6.07, 6.45) is 7.90. The second kappa shape index (κ2) is 13.5. The van der Waals surface area contributed by atoms with E-state index >= 15 is 0 Å². The van der Waals surface area contributed by atoms with E-state index in [1.807, 2.05) is 18.2 Å². The first-order valence-corrected chi connectivity index (χ1v) is 19.2. The molecule has 0 unspecified atom stereocenters. The van der Waals surface area contributed by atoms with Crippen molar-refractivity contribution in [2.75, 3.05) is 6.54 Å². The maximum atomic E-state index is 12.3. The van der Waals surface area contributed by atoms with Crippen LogP contribution in [0.1, 0.15) is 61.0 Å². The van der Waals surface area contributed by atoms with Gasteiger partial charge in [0.15, 0.2) is 0 Å². The zero-order chi connectivity index (χ0) is 23.4. The van der Waals surface area contributed by atoms with Gasteiger partial charge in [-0.25, -0.2) is 0 Å². The Balaban J connectivity index is 2.27. The molecule has 0 fully saturated rings. The number of unbranched alkanes of at least 4 members (excludes halogenated alkanes) is 2. The number of carboxylic acid groups (broad SMARTS) is 1. The molecule has 0 aromatic heterocycles. The van der Waals surface area contributed by atoms with E-state index in [1.54, 1.807) is 0 Å². The monoisotopic (exact) mass is 543 g/mol. The molecule has 0 heterocycles. The Bertz CT molecular complexity index is 867. The Labute approximate surface area is 197 Å². The zero-order valence-corrected chi connectivity index (χ0v) is 22.4. The Morgan fingerprint density at radius 2 is 1.53 bits per heavy atom. The topological polar surface area (TPSA) is 66.4 Å². The van der Waals surface area contributed by atoms with Gasteiger partial charge in [-0.15, -0.1) is 0 Å². The molecule has 0 saturated carbocycles. The van der Waals surface area contributed by atoms with Crippen molar-refractivity contribution in [3.05, 3.63) is 71.8 Å². The standard InChI is InChI=1S/C10H11.C9H8NO3.2C4H9.Sn/c1-3-9-5-7-10(4-2)8-6-9;11-8(12)6-10-9(13)7-4-2-1-3-5-7;2*1-3-4-2;/h3,5-8H,1-2,4H2;2-5H,6H2,(H,10,13)(H,11,12);2*1,3-4H2,2H3;. The molecule has 32 heavy (non-hydrogen) atoms. The number of carbonyl (C=O) groups is 2. The van der Waals surface area contributed by atoms with Gasteiger partial charge in [0.2, 0.25) is 0 Å². The van der Waals surface area contributed by atoms with E-state index in [4.69, 9.17) is 5.11 Å². The number of aryl methyl sites for hydroxylation is 1. The summed E-state index contributed by atoms with van der Waals surface area (Å²) in [6.45, 7) is 8.01. The predicted octanol–water partition coefficient (Wildman–Crippen LogP) is 5.64. The summed E-state index contributed by atoms with van der Waals surface area (Å²) in [4.78, 5) is 23.0. The van der Waals surface area contributed by atoms with Gasteiger partial charge in [0.1, 0.15) is 0 Å². The molecule has 0 spiro atoms. The van der Waals surface area contributed by atoms with Crippen LogP contribution in [0.3, 0.4) is 0 Å². The quantitative estimate of drug-likeness (QED) is 0.304. The van der Waals surface area contributed by atoms with E-state index in [0.717, 1.165) is 12.0 Å². The molecule has 2 aromatic rings. The van der Waals surface area contributed by atoms with Crippen LogP contribution >= 0.6 is 0 Å². The number of nitrogens with one attached hydrogen (secondary N) is 1. The molecule has 1 amide bonds. The summed E-state index contributed by atoms with van der Waals surface area (Å²) in [6, 6.07) is 16.8. The Morgan fingerprint density at radius 3 is 2.03 bits per heavy atom. The van der Waals surface area contributed by atoms with Gasteiger partial charge in [0.05, 0.1) is 0 Å². The van der Waals surface area contributed by atoms with Gasteiger partial charge in [0, 0.05) is 0 Å². The minimum absolute atomic E-state index is 0.329. The van der Waals surface area contributed by atoms with Crippen LogP contribution in [0.15, 0.2) is 55.1 Å². The number of hydrogen-bond acceptors (Lipinski definition) is 2. The third-order valence-electron chi connectivity index (χ3n) is 6.29. The first-order valence-electron chi connectivity index (χ1n) is 11.8. The SMILES string of the molecule is C=Cc1ccc(C[CH2][Sn]([CH2]CCC)([CH2]CCC)[c]2ccc(C(=O)NCC(=O)O)cc2)cc1. The molecule has 0 aliphatic heterocycles. The van der Waals surface area contributed by atoms with Crippen LogP contribution in [0.4, 0.5) is 0 Å². The van der Waals surface area contributed by atoms with E-state index in [-0.39, 0.29) is 12.5 Å². The first-order chi connectivity index (χ1) is 15.4. The van der Waals surface area contributed by atoms with E-state index in [0.29, 0.717) is 5.56 Å². The van der Waals surface area contributed by atoms with E-state index < -0.39 is 24.3 Å². The number of benzene rings is 2. The van der Waals surface area contributed by atoms with Crippen molar-refractivity contribution in [1.29, 1.82) is 0 Å². The molecular weight excluding hydrogens is 505 g/mol. The van der Waals surface area contributed by atoms with Crippen LogP contribution in [0.5, 0.6) is 0 Å². The van der Waals surface area contributed by atoms with Gasteiger partial charge in [-0.05, 0) is 0 Å². The van der Waals surface area contributed by atoms with Crippen LogP contribution < -0.4 is 8.90 Å². The average molecular weight is 542 g/mol. The van der Waals surface area contributed by atoms with Gasteiger partial charge in [-0.3, -0.25) is 0 Å². The van der Waals surface area contributed by atoms with Gasteiger partial charge < -0.3 is 0 Å². The molecule has 4 nitrogen and oxygen atoms in total. The second-order valence-corrected chi connectivity index (χ2v) is 21.8. The fraction of sp³-hybridized carbons (Fsp3) is 0.407. The summed E-state index contributed by atoms with van der Waals surface area (Å²) >= 11 is -2.69. The number of aliphatic carboxylic acids is 1. The van der Waals surface area contributed by atoms with E-state index in [2.05, 4.69) is 62.1 Å². The molecule has 2 N–H and O–H groups in total. The molecular formula is C27H37NO3Sn. The van der Waals surface area contributed by atoms with Gasteiger partial charge in [-0.1, -0.05) is 0 Å². The van der Waals surface area contributed by atoms with Crippen LogP contribution in [-0.4, -0.2) is 41.9 Å². The summed E-state index contributed by atoms with van der Waals surface area (Å²) < 4.78 is 5.42. The minimum atomic E-state index is -2.69. The molecule has 0 aliphatic carbocycles. The number of carboxylic acids is 1. The van der Waals surface area contributed by atoms with Crippen molar-refractivity contribution < 1.29 is 14.7 Å². The first kappa shape index (κ1) is 26.2. The predicted molar refractivity (Wildman–Crippen MR) is 136 cm³/mol. The van der Waals surface area contributed by atoms with Crippen LogP contribution in [0, 0.1) is 0 Å². The summed E-state index contributed by atoms with van der Waals surface area (Å²) in [5, 5.41) is 11.2. The fourth-order valence-corrected chi connectivity index (χ4v) is 19.5. The van der Waals surface area contributed by atoms with Crippen molar-refractivity contribution in [3.8, 4) is 0 Å². The summed E-state index contributed by atoms with van der Waals surface area (Å²) in [5.74, 6) is -1.37. The van der Waals surface area contributed by atoms with Crippen molar-refractivity contribution in [1.82, 2.24) is 5.32 Å². The van der Waals surface area contributed by atoms with Crippen molar-refractivity contribution in [2.24, 2.45) is 0 Å². The van der Waals surface area contributed by atoms with Gasteiger partial charge in [0.25, 0.3) is 0 Å². The number of carbonyl (C=O) groups excluding carboxylic acids is 1. The van der Waals surface area contributed by atoms with Crippen LogP contribution in [0.2, 0.25) is 13.3 Å². The summed E-state index contributed by atoms with van der Waals surface area (Å²) in [5.41, 5.74) is 3.06. The third-order valence-corrected chi connectivity index (χ3v) is 21.7. The maximum absolute atomic E-state index is 12.3. The fourth-order valence-electron chi connectivity index (χ4n) is 4.28. The number of rotatable bonds is 14. The van der Waals surface area contributed by atoms with Crippen LogP contribution in [-0.2, 0) is 11.2 Å². The van der Waals surface area contributed by atoms with Crippen molar-refractivity contribution >= 4 is 39.9 Å². The molecule has 0 aliphatic rings. The number of hydrogen-bond donors (Lipinski definition) is 2. The molecule has 172 valence electrons. The molecule has 0 atom stereocenters. The van der Waals surface area contributed by atoms with Crippen molar-refractivity contribution in [2.45, 2.75) is 59.3 Å². The average Bonchev–Trinajstić information content (AvgIpc) is 2.82.